The van der Waals surface area contributed by atoms with Gasteiger partial charge in [0.05, 0.1) is 13.2 Å². The van der Waals surface area contributed by atoms with Crippen molar-refractivity contribution >= 4 is 5.91 Å². The van der Waals surface area contributed by atoms with Gasteiger partial charge in [-0.3, -0.25) is 9.69 Å². The Bertz CT molecular complexity index is 808. The van der Waals surface area contributed by atoms with Gasteiger partial charge in [0.2, 0.25) is 5.91 Å². The predicted octanol–water partition coefficient (Wildman–Crippen LogP) is 2.64. The Morgan fingerprint density at radius 1 is 1.17 bits per heavy atom. The van der Waals surface area contributed by atoms with Gasteiger partial charge in [0.15, 0.2) is 0 Å². The van der Waals surface area contributed by atoms with Crippen molar-refractivity contribution in [1.29, 1.82) is 0 Å². The average Bonchev–Trinajstić information content (AvgIpc) is 3.15. The van der Waals surface area contributed by atoms with Gasteiger partial charge in [0.25, 0.3) is 0 Å². The molecular formula is C22H29FN4O2. The molecule has 0 unspecified atom stereocenters. The van der Waals surface area contributed by atoms with Crippen molar-refractivity contribution in [3.05, 3.63) is 53.9 Å². The van der Waals surface area contributed by atoms with Crippen molar-refractivity contribution in [2.24, 2.45) is 5.92 Å². The lowest BCUT2D eigenvalue weighted by Crippen LogP contribution is -2.49. The highest BCUT2D eigenvalue weighted by Gasteiger charge is 2.34. The first-order chi connectivity index (χ1) is 14.1. The minimum Gasteiger partial charge on any atom is -0.379 e. The van der Waals surface area contributed by atoms with Gasteiger partial charge in [-0.2, -0.15) is 0 Å². The molecule has 2 aliphatic heterocycles. The number of carbonyl (C=O) groups excluding carboxylic acids is 1. The molecule has 2 aliphatic rings. The Morgan fingerprint density at radius 3 is 2.48 bits per heavy atom. The van der Waals surface area contributed by atoms with Gasteiger partial charge in [0.1, 0.15) is 17.7 Å². The number of imidazole rings is 1. The molecule has 1 amide bonds. The fourth-order valence-electron chi connectivity index (χ4n) is 4.37. The predicted molar refractivity (Wildman–Crippen MR) is 108 cm³/mol. The highest BCUT2D eigenvalue weighted by Crippen LogP contribution is 2.28. The van der Waals surface area contributed by atoms with Crippen LogP contribution in [0.3, 0.4) is 0 Å². The second-order valence-corrected chi connectivity index (χ2v) is 8.00. The van der Waals surface area contributed by atoms with Crippen molar-refractivity contribution in [2.45, 2.75) is 32.4 Å². The summed E-state index contributed by atoms with van der Waals surface area (Å²) in [4.78, 5) is 21.9. The van der Waals surface area contributed by atoms with Gasteiger partial charge < -0.3 is 14.2 Å². The van der Waals surface area contributed by atoms with Crippen LogP contribution in [-0.4, -0.2) is 64.7 Å². The van der Waals surface area contributed by atoms with Crippen molar-refractivity contribution in [2.75, 3.05) is 39.4 Å². The minimum absolute atomic E-state index is 0.121. The molecule has 0 saturated carbocycles. The van der Waals surface area contributed by atoms with Crippen molar-refractivity contribution in [3.8, 4) is 0 Å². The maximum atomic E-state index is 13.5. The molecule has 2 saturated heterocycles. The molecule has 3 heterocycles. The van der Waals surface area contributed by atoms with E-state index in [4.69, 9.17) is 4.74 Å². The molecule has 6 nitrogen and oxygen atoms in total. The number of morpholine rings is 1. The van der Waals surface area contributed by atoms with Crippen molar-refractivity contribution in [1.82, 2.24) is 19.4 Å². The average molecular weight is 400 g/mol. The van der Waals surface area contributed by atoms with E-state index in [2.05, 4.69) is 14.5 Å². The molecule has 0 radical (unpaired) electrons. The minimum atomic E-state index is -0.369. The van der Waals surface area contributed by atoms with Crippen LogP contribution in [0.4, 0.5) is 4.39 Å². The zero-order chi connectivity index (χ0) is 20.2. The van der Waals surface area contributed by atoms with E-state index in [0.717, 1.165) is 43.9 Å². The van der Waals surface area contributed by atoms with Gasteiger partial charge in [0, 0.05) is 45.1 Å². The first-order valence-corrected chi connectivity index (χ1v) is 10.5. The smallest absolute Gasteiger partial charge is 0.244 e. The van der Waals surface area contributed by atoms with Crippen LogP contribution in [0.15, 0.2) is 36.7 Å². The first kappa shape index (κ1) is 20.0. The number of hydrogen-bond donors (Lipinski definition) is 0. The van der Waals surface area contributed by atoms with Crippen LogP contribution in [-0.2, 0) is 16.1 Å². The van der Waals surface area contributed by atoms with Crippen LogP contribution in [0.25, 0.3) is 0 Å². The number of halogens is 1. The molecule has 156 valence electrons. The highest BCUT2D eigenvalue weighted by atomic mass is 19.1. The SMILES string of the molecule is Cc1nccn1CC1CCN(C(=O)[C@H](c2ccc(F)cc2)N2CCOCC2)CC1. The fourth-order valence-corrected chi connectivity index (χ4v) is 4.37. The highest BCUT2D eigenvalue weighted by molar-refractivity contribution is 5.83. The molecule has 0 aliphatic carbocycles. The Hall–Kier alpha value is -2.25. The molecule has 0 spiro atoms. The van der Waals surface area contributed by atoms with E-state index in [1.54, 1.807) is 12.1 Å². The number of nitrogens with zero attached hydrogens (tertiary/aromatic N) is 4. The normalized spacial score (nSPS) is 20.0. The summed E-state index contributed by atoms with van der Waals surface area (Å²) in [6, 6.07) is 5.99. The van der Waals surface area contributed by atoms with Gasteiger partial charge in [-0.15, -0.1) is 0 Å². The summed E-state index contributed by atoms with van der Waals surface area (Å²) in [5.74, 6) is 1.43. The molecule has 0 N–H and O–H groups in total. The first-order valence-electron chi connectivity index (χ1n) is 10.5. The summed E-state index contributed by atoms with van der Waals surface area (Å²) >= 11 is 0. The van der Waals surface area contributed by atoms with Gasteiger partial charge in [-0.05, 0) is 43.4 Å². The molecule has 1 atom stereocenters. The van der Waals surface area contributed by atoms with Gasteiger partial charge >= 0.3 is 0 Å². The maximum Gasteiger partial charge on any atom is 0.244 e. The van der Waals surface area contributed by atoms with Crippen LogP contribution < -0.4 is 0 Å². The van der Waals surface area contributed by atoms with E-state index < -0.39 is 0 Å². The number of hydrogen-bond acceptors (Lipinski definition) is 4. The van der Waals surface area contributed by atoms with Crippen LogP contribution in [0.2, 0.25) is 0 Å². The zero-order valence-corrected chi connectivity index (χ0v) is 17.0. The van der Waals surface area contributed by atoms with E-state index in [1.807, 2.05) is 24.2 Å². The monoisotopic (exact) mass is 400 g/mol. The number of benzene rings is 1. The van der Waals surface area contributed by atoms with E-state index in [-0.39, 0.29) is 17.8 Å². The van der Waals surface area contributed by atoms with Crippen LogP contribution >= 0.6 is 0 Å². The van der Waals surface area contributed by atoms with E-state index in [0.29, 0.717) is 32.2 Å². The van der Waals surface area contributed by atoms with E-state index in [1.165, 1.54) is 12.1 Å². The topological polar surface area (TPSA) is 50.6 Å². The van der Waals surface area contributed by atoms with Crippen LogP contribution in [0, 0.1) is 18.7 Å². The number of aromatic nitrogens is 2. The number of ether oxygens (including phenoxy) is 1. The number of carbonyl (C=O) groups is 1. The number of likely N-dealkylation sites (tertiary alicyclic amines) is 1. The second-order valence-electron chi connectivity index (χ2n) is 8.00. The molecule has 1 aromatic carbocycles. The Labute approximate surface area is 171 Å². The summed E-state index contributed by atoms with van der Waals surface area (Å²) < 4.78 is 21.1. The Kier molecular flexibility index (Phi) is 6.25. The second kappa shape index (κ2) is 9.05. The third-order valence-electron chi connectivity index (χ3n) is 6.14. The molecule has 2 aromatic rings. The number of aryl methyl sites for hydroxylation is 1. The lowest BCUT2D eigenvalue weighted by atomic mass is 9.95. The number of rotatable bonds is 5. The maximum absolute atomic E-state index is 13.5. The lowest BCUT2D eigenvalue weighted by molar-refractivity contribution is -0.140. The molecule has 29 heavy (non-hydrogen) atoms. The standard InChI is InChI=1S/C22H29FN4O2/c1-17-24-8-11-27(17)16-18-6-9-26(10-7-18)22(28)21(25-12-14-29-15-13-25)19-2-4-20(23)5-3-19/h2-5,8,11,18,21H,6-7,9-10,12-16H2,1H3/t21-/m0/s1. The molecule has 0 bridgehead atoms. The van der Waals surface area contributed by atoms with Gasteiger partial charge in [-0.25, -0.2) is 9.37 Å². The van der Waals surface area contributed by atoms with E-state index in [9.17, 15) is 9.18 Å². The largest absolute Gasteiger partial charge is 0.379 e. The van der Waals surface area contributed by atoms with E-state index >= 15 is 0 Å². The Balaban J connectivity index is 1.43. The van der Waals surface area contributed by atoms with Crippen molar-refractivity contribution < 1.29 is 13.9 Å². The lowest BCUT2D eigenvalue weighted by Gasteiger charge is -2.39. The molecule has 4 rings (SSSR count). The molecular weight excluding hydrogens is 371 g/mol. The molecule has 2 fully saturated rings. The molecule has 7 heteroatoms. The summed E-state index contributed by atoms with van der Waals surface area (Å²) in [6.45, 7) is 7.18. The van der Waals surface area contributed by atoms with Crippen LogP contribution in [0.5, 0.6) is 0 Å². The fraction of sp³-hybridized carbons (Fsp3) is 0.545. The third kappa shape index (κ3) is 4.67. The van der Waals surface area contributed by atoms with Crippen molar-refractivity contribution in [3.63, 3.8) is 0 Å². The summed E-state index contributed by atoms with van der Waals surface area (Å²) in [7, 11) is 0. The van der Waals surface area contributed by atoms with Gasteiger partial charge in [-0.1, -0.05) is 12.1 Å². The zero-order valence-electron chi connectivity index (χ0n) is 17.0. The third-order valence-corrected chi connectivity index (χ3v) is 6.14. The quantitative estimate of drug-likeness (QED) is 0.774. The summed E-state index contributed by atoms with van der Waals surface area (Å²) in [6.07, 6.45) is 5.84. The number of piperidine rings is 1. The van der Waals surface area contributed by atoms with Crippen LogP contribution in [0.1, 0.15) is 30.3 Å². The summed E-state index contributed by atoms with van der Waals surface area (Å²) in [5, 5.41) is 0. The number of amides is 1. The summed E-state index contributed by atoms with van der Waals surface area (Å²) in [5.41, 5.74) is 0.856. The Morgan fingerprint density at radius 2 is 1.86 bits per heavy atom. The molecule has 1 aromatic heterocycles.